The van der Waals surface area contributed by atoms with E-state index in [1.807, 2.05) is 11.9 Å². The number of carbonyl (C=O) groups is 1. The summed E-state index contributed by atoms with van der Waals surface area (Å²) in [5, 5.41) is 6.74. The van der Waals surface area contributed by atoms with E-state index in [0.29, 0.717) is 62.5 Å². The van der Waals surface area contributed by atoms with Crippen molar-refractivity contribution in [3.8, 4) is 6.01 Å². The highest BCUT2D eigenvalue weighted by Crippen LogP contribution is 2.50. The van der Waals surface area contributed by atoms with Crippen LogP contribution in [0.3, 0.4) is 0 Å². The summed E-state index contributed by atoms with van der Waals surface area (Å²) in [6.07, 6.45) is 5.41. The Bertz CT molecular complexity index is 1300. The minimum Gasteiger partial charge on any atom is -0.462 e. The van der Waals surface area contributed by atoms with E-state index >= 15 is 0 Å². The number of nitrogens with one attached hydrogen (secondary N) is 2. The highest BCUT2D eigenvalue weighted by molar-refractivity contribution is 6.04. The van der Waals surface area contributed by atoms with Gasteiger partial charge in [0, 0.05) is 51.2 Å². The van der Waals surface area contributed by atoms with Crippen LogP contribution in [0.15, 0.2) is 18.2 Å². The average Bonchev–Trinajstić information content (AvgIpc) is 3.76. The number of carbonyl (C=O) groups excluding carboxylic acids is 1. The summed E-state index contributed by atoms with van der Waals surface area (Å²) in [7, 11) is 1.93. The second kappa shape index (κ2) is 10.2. The maximum atomic E-state index is 14.1. The first-order valence-corrected chi connectivity index (χ1v) is 15.0. The van der Waals surface area contributed by atoms with Gasteiger partial charge in [0.15, 0.2) is 5.82 Å². The molecular weight excluding hydrogens is 509 g/mol. The van der Waals surface area contributed by atoms with Crippen molar-refractivity contribution in [2.24, 2.45) is 5.73 Å². The number of amides is 1. The number of fused-ring (bicyclic) bond motifs is 3. The molecule has 3 aliphatic heterocycles. The molecule has 2 aliphatic carbocycles. The first-order valence-electron chi connectivity index (χ1n) is 15.0. The van der Waals surface area contributed by atoms with Crippen LogP contribution in [0.1, 0.15) is 60.4 Å². The van der Waals surface area contributed by atoms with Crippen LogP contribution in [0.25, 0.3) is 0 Å². The molecule has 4 atom stereocenters. The molecule has 1 unspecified atom stereocenters. The summed E-state index contributed by atoms with van der Waals surface area (Å²) >= 11 is 0. The Balaban J connectivity index is 1.26. The van der Waals surface area contributed by atoms with Gasteiger partial charge in [0.25, 0.3) is 0 Å². The predicted octanol–water partition coefficient (Wildman–Crippen LogP) is 2.28. The first-order chi connectivity index (χ1) is 19.4. The molecule has 0 bridgehead atoms. The number of hydrogen-bond acceptors (Lipinski definition) is 8. The van der Waals surface area contributed by atoms with E-state index in [2.05, 4.69) is 33.7 Å². The number of nitrogens with two attached hydrogens (primary N) is 1. The lowest BCUT2D eigenvalue weighted by molar-refractivity contribution is -0.122. The van der Waals surface area contributed by atoms with Gasteiger partial charge < -0.3 is 26.0 Å². The van der Waals surface area contributed by atoms with E-state index in [9.17, 15) is 9.18 Å². The van der Waals surface area contributed by atoms with Gasteiger partial charge in [0.05, 0.1) is 11.1 Å². The van der Waals surface area contributed by atoms with E-state index in [1.165, 1.54) is 29.5 Å². The standard InChI is InChI=1S/C30H40FN7O2/c1-37-15-19(31)12-21(37)17-40-29-34-25-13-30(9-3-5-23-22(18-7-8-18)4-2-6-24(23)30)28(39)35-26(25)27(36-29)38-11-10-33-20(14-32)16-38/h2,4,6,18-21,33H,3,5,7-17,32H2,1H3,(H,35,39)/t19-,20+,21+,30?/m1/s1. The molecule has 1 spiro atoms. The van der Waals surface area contributed by atoms with Crippen LogP contribution in [0.2, 0.25) is 0 Å². The van der Waals surface area contributed by atoms with Crippen molar-refractivity contribution in [1.82, 2.24) is 20.2 Å². The molecule has 2 aromatic rings. The number of rotatable bonds is 6. The fourth-order valence-electron chi connectivity index (χ4n) is 7.40. The zero-order chi connectivity index (χ0) is 27.4. The number of nitrogens with zero attached hydrogens (tertiary/aromatic N) is 4. The van der Waals surface area contributed by atoms with Gasteiger partial charge in [-0.15, -0.1) is 0 Å². The Morgan fingerprint density at radius 3 is 2.90 bits per heavy atom. The van der Waals surface area contributed by atoms with E-state index < -0.39 is 11.6 Å². The second-order valence-corrected chi connectivity index (χ2v) is 12.4. The number of likely N-dealkylation sites (N-methyl/N-ethyl adjacent to an activating group) is 1. The molecule has 2 saturated heterocycles. The molecule has 40 heavy (non-hydrogen) atoms. The summed E-state index contributed by atoms with van der Waals surface area (Å²) in [6.45, 7) is 3.46. The van der Waals surface area contributed by atoms with Crippen molar-refractivity contribution in [1.29, 1.82) is 0 Å². The van der Waals surface area contributed by atoms with Crippen LogP contribution >= 0.6 is 0 Å². The third-order valence-electron chi connectivity index (χ3n) is 9.74. The van der Waals surface area contributed by atoms with Crippen LogP contribution in [-0.4, -0.2) is 85.4 Å². The molecule has 4 heterocycles. The third kappa shape index (κ3) is 4.54. The summed E-state index contributed by atoms with van der Waals surface area (Å²) in [6, 6.07) is 6.96. The topological polar surface area (TPSA) is 109 Å². The minimum atomic E-state index is -0.838. The van der Waals surface area contributed by atoms with E-state index in [0.717, 1.165) is 38.0 Å². The molecule has 0 radical (unpaired) electrons. The molecule has 214 valence electrons. The monoisotopic (exact) mass is 549 g/mol. The molecular formula is C30H40FN7O2. The van der Waals surface area contributed by atoms with Crippen molar-refractivity contribution in [2.45, 2.75) is 74.5 Å². The minimum absolute atomic E-state index is 0.0176. The summed E-state index contributed by atoms with van der Waals surface area (Å²) in [5.74, 6) is 1.37. The third-order valence-corrected chi connectivity index (χ3v) is 9.74. The van der Waals surface area contributed by atoms with Crippen LogP contribution in [0.4, 0.5) is 15.9 Å². The molecule has 1 aromatic heterocycles. The van der Waals surface area contributed by atoms with E-state index in [1.54, 1.807) is 0 Å². The number of alkyl halides is 1. The number of hydrogen-bond donors (Lipinski definition) is 3. The number of benzene rings is 1. The smallest absolute Gasteiger partial charge is 0.318 e. The molecule has 3 fully saturated rings. The van der Waals surface area contributed by atoms with Gasteiger partial charge in [-0.2, -0.15) is 9.97 Å². The zero-order valence-corrected chi connectivity index (χ0v) is 23.3. The molecule has 4 N–H and O–H groups in total. The van der Waals surface area contributed by atoms with E-state index in [-0.39, 0.29) is 18.0 Å². The van der Waals surface area contributed by atoms with Gasteiger partial charge in [-0.25, -0.2) is 4.39 Å². The Kier molecular flexibility index (Phi) is 6.67. The lowest BCUT2D eigenvalue weighted by Crippen LogP contribution is -2.54. The first kappa shape index (κ1) is 26.1. The molecule has 1 amide bonds. The maximum Gasteiger partial charge on any atom is 0.318 e. The summed E-state index contributed by atoms with van der Waals surface area (Å²) in [4.78, 5) is 28.0. The average molecular weight is 550 g/mol. The van der Waals surface area contributed by atoms with Crippen LogP contribution < -0.4 is 26.0 Å². The van der Waals surface area contributed by atoms with Crippen molar-refractivity contribution in [2.75, 3.05) is 56.6 Å². The lowest BCUT2D eigenvalue weighted by Gasteiger charge is -2.43. The van der Waals surface area contributed by atoms with Crippen LogP contribution in [0.5, 0.6) is 6.01 Å². The molecule has 1 aromatic carbocycles. The number of aromatic nitrogens is 2. The highest BCUT2D eigenvalue weighted by Gasteiger charge is 2.49. The lowest BCUT2D eigenvalue weighted by atomic mass is 9.64. The second-order valence-electron chi connectivity index (χ2n) is 12.4. The number of anilines is 2. The van der Waals surface area contributed by atoms with Crippen molar-refractivity contribution < 1.29 is 13.9 Å². The van der Waals surface area contributed by atoms with Crippen molar-refractivity contribution in [3.05, 3.63) is 40.6 Å². The summed E-state index contributed by atoms with van der Waals surface area (Å²) in [5.41, 5.74) is 10.8. The van der Waals surface area contributed by atoms with Gasteiger partial charge in [0.2, 0.25) is 5.91 Å². The van der Waals surface area contributed by atoms with Gasteiger partial charge >= 0.3 is 6.01 Å². The number of likely N-dealkylation sites (tertiary alicyclic amines) is 1. The van der Waals surface area contributed by atoms with Crippen LogP contribution in [0, 0.1) is 0 Å². The Morgan fingerprint density at radius 1 is 1.25 bits per heavy atom. The zero-order valence-electron chi connectivity index (χ0n) is 23.3. The number of ether oxygens (including phenoxy) is 1. The number of piperazine rings is 1. The molecule has 5 aliphatic rings. The molecule has 7 rings (SSSR count). The Hall–Kier alpha value is -2.82. The van der Waals surface area contributed by atoms with Gasteiger partial charge in [-0.05, 0) is 68.2 Å². The van der Waals surface area contributed by atoms with Crippen LogP contribution in [-0.2, 0) is 23.1 Å². The predicted molar refractivity (Wildman–Crippen MR) is 152 cm³/mol. The number of halogens is 1. The Labute approximate surface area is 235 Å². The van der Waals surface area contributed by atoms with Crippen molar-refractivity contribution >= 4 is 17.4 Å². The SMILES string of the molecule is CN1C[C@H](F)C[C@H]1COc1nc2c(c(N3CCN[C@@H](CN)C3)n1)NC(=O)C1(CCCc3c(C4CC4)cccc31)C2. The summed E-state index contributed by atoms with van der Waals surface area (Å²) < 4.78 is 20.2. The Morgan fingerprint density at radius 2 is 2.12 bits per heavy atom. The highest BCUT2D eigenvalue weighted by atomic mass is 19.1. The quantitative estimate of drug-likeness (QED) is 0.504. The van der Waals surface area contributed by atoms with Gasteiger partial charge in [-0.3, -0.25) is 9.69 Å². The van der Waals surface area contributed by atoms with E-state index in [4.69, 9.17) is 20.4 Å². The molecule has 10 heteroatoms. The fourth-order valence-corrected chi connectivity index (χ4v) is 7.40. The van der Waals surface area contributed by atoms with Gasteiger partial charge in [-0.1, -0.05) is 18.2 Å². The normalized spacial score (nSPS) is 30.2. The fraction of sp³-hybridized carbons (Fsp3) is 0.633. The molecule has 9 nitrogen and oxygen atoms in total. The molecule has 1 saturated carbocycles. The maximum absolute atomic E-state index is 14.1. The van der Waals surface area contributed by atoms with Gasteiger partial charge in [0.1, 0.15) is 18.5 Å². The van der Waals surface area contributed by atoms with Crippen molar-refractivity contribution in [3.63, 3.8) is 0 Å². The largest absolute Gasteiger partial charge is 0.462 e.